The van der Waals surface area contributed by atoms with Crippen molar-refractivity contribution >= 4 is 5.97 Å². The molecule has 1 N–H and O–H groups in total. The molecule has 0 radical (unpaired) electrons. The maximum atomic E-state index is 10.7. The summed E-state index contributed by atoms with van der Waals surface area (Å²) in [5.74, 6) is -0.475. The molecular weight excluding hydrogens is 192 g/mol. The maximum Gasteiger partial charge on any atom is 0.303 e. The van der Waals surface area contributed by atoms with E-state index in [0.29, 0.717) is 6.10 Å². The van der Waals surface area contributed by atoms with Gasteiger partial charge in [0.2, 0.25) is 0 Å². The van der Waals surface area contributed by atoms with Crippen LogP contribution in [0.15, 0.2) is 12.2 Å². The van der Waals surface area contributed by atoms with Crippen molar-refractivity contribution in [2.24, 2.45) is 5.92 Å². The highest BCUT2D eigenvalue weighted by Gasteiger charge is 2.64. The van der Waals surface area contributed by atoms with Crippen LogP contribution in [0.5, 0.6) is 0 Å². The molecular formula is C12H18O3. The van der Waals surface area contributed by atoms with E-state index in [9.17, 15) is 4.79 Å². The van der Waals surface area contributed by atoms with E-state index in [4.69, 9.17) is 9.84 Å². The lowest BCUT2D eigenvalue weighted by Crippen LogP contribution is -2.23. The average Bonchev–Trinajstić information content (AvgIpc) is 2.80. The summed E-state index contributed by atoms with van der Waals surface area (Å²) in [5, 5.41) is 8.82. The van der Waals surface area contributed by atoms with Crippen molar-refractivity contribution in [1.82, 2.24) is 0 Å². The van der Waals surface area contributed by atoms with Gasteiger partial charge in [-0.15, -0.1) is 0 Å². The Bertz CT molecular complexity index is 285. The van der Waals surface area contributed by atoms with Gasteiger partial charge in [0.1, 0.15) is 5.60 Å². The minimum atomic E-state index is -0.699. The second-order valence-electron chi connectivity index (χ2n) is 4.52. The lowest BCUT2D eigenvalue weighted by Gasteiger charge is -2.17. The molecule has 3 atom stereocenters. The van der Waals surface area contributed by atoms with E-state index in [2.05, 4.69) is 19.1 Å². The molecule has 0 aromatic carbocycles. The zero-order valence-electron chi connectivity index (χ0n) is 9.11. The third kappa shape index (κ3) is 1.93. The van der Waals surface area contributed by atoms with E-state index >= 15 is 0 Å². The summed E-state index contributed by atoms with van der Waals surface area (Å²) in [6.07, 6.45) is 8.84. The Labute approximate surface area is 90.1 Å². The lowest BCUT2D eigenvalue weighted by atomic mass is 9.88. The Balaban J connectivity index is 1.95. The van der Waals surface area contributed by atoms with Crippen molar-refractivity contribution in [2.45, 2.75) is 50.7 Å². The fraction of sp³-hybridized carbons (Fsp3) is 0.750. The molecule has 3 nitrogen and oxygen atoms in total. The standard InChI is InChI=1S/C12H18O3/c1-2-3-4-7-12-9(8-11(13)14)5-6-10(12)15-12/h3-4,9-10H,2,5-8H2,1H3,(H,13,14)/t9-,10-,12+/m1/s1. The van der Waals surface area contributed by atoms with E-state index in [1.54, 1.807) is 0 Å². The van der Waals surface area contributed by atoms with Crippen LogP contribution in [0.3, 0.4) is 0 Å². The van der Waals surface area contributed by atoms with Crippen LogP contribution in [0.25, 0.3) is 0 Å². The van der Waals surface area contributed by atoms with Crippen LogP contribution in [0, 0.1) is 5.92 Å². The number of hydrogen-bond acceptors (Lipinski definition) is 2. The summed E-state index contributed by atoms with van der Waals surface area (Å²) in [4.78, 5) is 10.7. The van der Waals surface area contributed by atoms with Gasteiger partial charge in [-0.1, -0.05) is 19.1 Å². The van der Waals surface area contributed by atoms with Gasteiger partial charge < -0.3 is 9.84 Å². The molecule has 2 fully saturated rings. The molecule has 0 aromatic heterocycles. The number of allylic oxidation sites excluding steroid dienone is 1. The Morgan fingerprint density at radius 3 is 2.93 bits per heavy atom. The van der Waals surface area contributed by atoms with E-state index < -0.39 is 5.97 Å². The van der Waals surface area contributed by atoms with Crippen molar-refractivity contribution < 1.29 is 14.6 Å². The SMILES string of the molecule is CCC=CC[C@@]12O[C@@H]1CC[C@@H]2CC(=O)O. The predicted octanol–water partition coefficient (Wildman–Crippen LogP) is 2.37. The molecule has 15 heavy (non-hydrogen) atoms. The quantitative estimate of drug-likeness (QED) is 0.560. The van der Waals surface area contributed by atoms with E-state index in [1.165, 1.54) is 0 Å². The number of ether oxygens (including phenoxy) is 1. The monoisotopic (exact) mass is 210 g/mol. The van der Waals surface area contributed by atoms with Crippen LogP contribution in [0.1, 0.15) is 39.0 Å². The molecule has 1 saturated heterocycles. The van der Waals surface area contributed by atoms with E-state index in [-0.39, 0.29) is 17.9 Å². The highest BCUT2D eigenvalue weighted by atomic mass is 16.6. The van der Waals surface area contributed by atoms with Crippen molar-refractivity contribution in [3.05, 3.63) is 12.2 Å². The molecule has 2 aliphatic rings. The van der Waals surface area contributed by atoms with Crippen molar-refractivity contribution in [1.29, 1.82) is 0 Å². The molecule has 3 heteroatoms. The number of fused-ring (bicyclic) bond motifs is 1. The molecule has 1 saturated carbocycles. The molecule has 1 aliphatic heterocycles. The third-order valence-electron chi connectivity index (χ3n) is 3.58. The number of rotatable bonds is 5. The number of hydrogen-bond donors (Lipinski definition) is 1. The van der Waals surface area contributed by atoms with Crippen LogP contribution in [0.2, 0.25) is 0 Å². The maximum absolute atomic E-state index is 10.7. The highest BCUT2D eigenvalue weighted by Crippen LogP contribution is 2.57. The number of epoxide rings is 1. The second kappa shape index (κ2) is 3.97. The summed E-state index contributed by atoms with van der Waals surface area (Å²) in [6, 6.07) is 0. The zero-order chi connectivity index (χ0) is 10.9. The minimum absolute atomic E-state index is 0.107. The summed E-state index contributed by atoms with van der Waals surface area (Å²) >= 11 is 0. The van der Waals surface area contributed by atoms with Crippen LogP contribution in [-0.4, -0.2) is 22.8 Å². The van der Waals surface area contributed by atoms with Crippen molar-refractivity contribution in [3.8, 4) is 0 Å². The lowest BCUT2D eigenvalue weighted by molar-refractivity contribution is -0.138. The van der Waals surface area contributed by atoms with Gasteiger partial charge in [-0.2, -0.15) is 0 Å². The Morgan fingerprint density at radius 1 is 1.53 bits per heavy atom. The Hall–Kier alpha value is -0.830. The molecule has 1 aliphatic carbocycles. The topological polar surface area (TPSA) is 49.8 Å². The van der Waals surface area contributed by atoms with Gasteiger partial charge in [-0.3, -0.25) is 4.79 Å². The molecule has 0 aromatic rings. The first-order valence-electron chi connectivity index (χ1n) is 5.73. The first-order chi connectivity index (χ1) is 7.19. The van der Waals surface area contributed by atoms with Crippen LogP contribution in [0.4, 0.5) is 0 Å². The number of carbonyl (C=O) groups is 1. The van der Waals surface area contributed by atoms with Gasteiger partial charge in [0.25, 0.3) is 0 Å². The van der Waals surface area contributed by atoms with Gasteiger partial charge in [0.05, 0.1) is 12.5 Å². The van der Waals surface area contributed by atoms with Gasteiger partial charge in [0.15, 0.2) is 0 Å². The molecule has 0 amide bonds. The van der Waals surface area contributed by atoms with E-state index in [0.717, 1.165) is 25.7 Å². The fourth-order valence-corrected chi connectivity index (χ4v) is 2.76. The van der Waals surface area contributed by atoms with Crippen LogP contribution in [-0.2, 0) is 9.53 Å². The number of carboxylic acids is 1. The first-order valence-corrected chi connectivity index (χ1v) is 5.73. The minimum Gasteiger partial charge on any atom is -0.481 e. The fourth-order valence-electron chi connectivity index (χ4n) is 2.76. The summed E-state index contributed by atoms with van der Waals surface area (Å²) in [6.45, 7) is 2.10. The Kier molecular flexibility index (Phi) is 2.83. The van der Waals surface area contributed by atoms with Crippen molar-refractivity contribution in [2.75, 3.05) is 0 Å². The smallest absolute Gasteiger partial charge is 0.303 e. The van der Waals surface area contributed by atoms with Gasteiger partial charge in [0, 0.05) is 5.92 Å². The average molecular weight is 210 g/mol. The number of aliphatic carboxylic acids is 1. The number of carboxylic acid groups (broad SMARTS) is 1. The van der Waals surface area contributed by atoms with E-state index in [1.807, 2.05) is 0 Å². The first kappa shape index (κ1) is 10.7. The Morgan fingerprint density at radius 2 is 2.33 bits per heavy atom. The van der Waals surface area contributed by atoms with Crippen LogP contribution >= 0.6 is 0 Å². The second-order valence-corrected chi connectivity index (χ2v) is 4.52. The summed E-state index contributed by atoms with van der Waals surface area (Å²) in [7, 11) is 0. The van der Waals surface area contributed by atoms with Crippen molar-refractivity contribution in [3.63, 3.8) is 0 Å². The normalized spacial score (nSPS) is 38.2. The van der Waals surface area contributed by atoms with Gasteiger partial charge in [-0.25, -0.2) is 0 Å². The summed E-state index contributed by atoms with van der Waals surface area (Å²) < 4.78 is 5.69. The molecule has 0 bridgehead atoms. The van der Waals surface area contributed by atoms with Gasteiger partial charge in [-0.05, 0) is 25.7 Å². The third-order valence-corrected chi connectivity index (χ3v) is 3.58. The molecule has 1 heterocycles. The summed E-state index contributed by atoms with van der Waals surface area (Å²) in [5.41, 5.74) is -0.107. The predicted molar refractivity (Wildman–Crippen MR) is 56.6 cm³/mol. The van der Waals surface area contributed by atoms with Gasteiger partial charge >= 0.3 is 5.97 Å². The van der Waals surface area contributed by atoms with Crippen LogP contribution < -0.4 is 0 Å². The molecule has 84 valence electrons. The highest BCUT2D eigenvalue weighted by molar-refractivity contribution is 5.67. The largest absolute Gasteiger partial charge is 0.481 e. The molecule has 0 unspecified atom stereocenters. The zero-order valence-corrected chi connectivity index (χ0v) is 9.11. The molecule has 0 spiro atoms. The molecule has 2 rings (SSSR count).